The first kappa shape index (κ1) is 70.7. The maximum Gasteiger partial charge on any atom is 0.0273 e. The van der Waals surface area contributed by atoms with Gasteiger partial charge in [-0.25, -0.2) is 0 Å². The minimum atomic E-state index is -0.0146. The summed E-state index contributed by atoms with van der Waals surface area (Å²) in [6, 6.07) is 56.6. The molecule has 0 aliphatic heterocycles. The highest BCUT2D eigenvalue weighted by Crippen LogP contribution is 2.35. The van der Waals surface area contributed by atoms with Gasteiger partial charge >= 0.3 is 0 Å². The van der Waals surface area contributed by atoms with Crippen molar-refractivity contribution in [1.82, 2.24) is 0 Å². The van der Waals surface area contributed by atoms with Gasteiger partial charge in [0, 0.05) is 66.8 Å². The van der Waals surface area contributed by atoms with E-state index in [1.807, 2.05) is 0 Å². The van der Waals surface area contributed by atoms with Crippen LogP contribution in [-0.2, 0) is 43.3 Å². The Balaban J connectivity index is 1.07. The van der Waals surface area contributed by atoms with E-state index < -0.39 is 0 Å². The monoisotopic (exact) mass is 1230 g/mol. The Bertz CT molecular complexity index is 3930. The van der Waals surface area contributed by atoms with Crippen LogP contribution in [0.5, 0.6) is 0 Å². The van der Waals surface area contributed by atoms with E-state index in [2.05, 4.69) is 407 Å². The number of hydrogen-bond donors (Lipinski definition) is 0. The Kier molecular flexibility index (Phi) is 20.6. The van der Waals surface area contributed by atoms with Crippen molar-refractivity contribution in [3.05, 3.63) is 280 Å². The van der Waals surface area contributed by atoms with E-state index in [1.54, 1.807) is 0 Å². The lowest BCUT2D eigenvalue weighted by Gasteiger charge is -2.25. The molecule has 0 saturated carbocycles. The second kappa shape index (κ2) is 27.4. The van der Waals surface area contributed by atoms with Gasteiger partial charge in [0.05, 0.1) is 0 Å². The van der Waals surface area contributed by atoms with Gasteiger partial charge in [0.1, 0.15) is 0 Å². The van der Waals surface area contributed by atoms with Gasteiger partial charge in [-0.3, -0.25) is 0 Å². The van der Waals surface area contributed by atoms with Gasteiger partial charge in [-0.05, 0) is 208 Å². The summed E-state index contributed by atoms with van der Waals surface area (Å²) >= 11 is 0. The third-order valence-electron chi connectivity index (χ3n) is 16.9. The van der Waals surface area contributed by atoms with E-state index in [0.717, 1.165) is 77.9 Å². The highest BCUT2D eigenvalue weighted by molar-refractivity contribution is 5.70. The van der Waals surface area contributed by atoms with Crippen molar-refractivity contribution in [2.75, 3.05) is 0 Å². The minimum absolute atomic E-state index is 0.0146. The van der Waals surface area contributed by atoms with Crippen LogP contribution >= 0.6 is 0 Å². The molecule has 0 fully saturated rings. The molecule has 0 unspecified atom stereocenters. The molecule has 0 heteroatoms. The Morgan fingerprint density at radius 3 is 0.426 bits per heavy atom. The lowest BCUT2D eigenvalue weighted by atomic mass is 9.79. The summed E-state index contributed by atoms with van der Waals surface area (Å²) in [6.07, 6.45) is 4.27. The van der Waals surface area contributed by atoms with E-state index in [9.17, 15) is 0 Å². The largest absolute Gasteiger partial charge is 0.0617 e. The first-order valence-corrected chi connectivity index (χ1v) is 33.4. The maximum atomic E-state index is 3.55. The molecule has 0 aliphatic rings. The first-order valence-electron chi connectivity index (χ1n) is 33.4. The number of benzene rings is 8. The zero-order valence-electron chi connectivity index (χ0n) is 61.2. The molecule has 0 radical (unpaired) electrons. The summed E-state index contributed by atoms with van der Waals surface area (Å²) < 4.78 is 0. The van der Waals surface area contributed by atoms with Crippen molar-refractivity contribution in [2.24, 2.45) is 0 Å². The first-order chi connectivity index (χ1) is 43.5. The summed E-state index contributed by atoms with van der Waals surface area (Å²) in [5, 5.41) is 0. The van der Waals surface area contributed by atoms with Crippen LogP contribution in [-0.4, -0.2) is 0 Å². The van der Waals surface area contributed by atoms with Crippen molar-refractivity contribution >= 4 is 12.2 Å². The average molecular weight is 1230 g/mol. The van der Waals surface area contributed by atoms with E-state index >= 15 is 0 Å². The van der Waals surface area contributed by atoms with Gasteiger partial charge in [0.25, 0.3) is 0 Å². The van der Waals surface area contributed by atoms with Crippen LogP contribution in [0.4, 0.5) is 0 Å². The molecule has 0 spiro atoms. The lowest BCUT2D eigenvalue weighted by Crippen LogP contribution is -2.16. The predicted octanol–water partition coefficient (Wildman–Crippen LogP) is 22.6. The van der Waals surface area contributed by atoms with Crippen LogP contribution in [0.3, 0.4) is 0 Å². The molecule has 0 aliphatic carbocycles. The van der Waals surface area contributed by atoms with Crippen LogP contribution in [0.1, 0.15) is 289 Å². The van der Waals surface area contributed by atoms with Gasteiger partial charge < -0.3 is 0 Å². The molecule has 8 rings (SSSR count). The molecule has 0 nitrogen and oxygen atoms in total. The summed E-state index contributed by atoms with van der Waals surface area (Å²) in [4.78, 5) is 0. The SMILES string of the molecule is CC(C)(C)c1cc(C#Cc2cc(C#Cc3ccc(/C=C/c4ccc(C#Cc5cc(C#Cc6cc(C(C)(C)C)cc(C(C)(C)C)c6)cc(C#Cc6cc(C(C)(C)C)cc(C(C)(C)C)c6)c5)cc4)cc3)cc(C#Cc3cc(C(C)(C)C)cc(C(C)(C)C)c3)c2)cc(C(C)(C)C)c1. The molecule has 0 amide bonds. The highest BCUT2D eigenvalue weighted by Gasteiger charge is 2.24. The summed E-state index contributed by atoms with van der Waals surface area (Å²) in [7, 11) is 0. The standard InChI is InChI=1S/C94H100/c1-87(2,3)79-53-75(54-80(61-79)88(4,5)6)43-39-71-47-69(48-72(51-71)40-44-76-55-81(89(7,8)9)62-82(56-76)90(10,11)12)37-35-67-31-27-65(28-32-67)25-26-66-29-33-68(34-30-66)36-38-70-49-73(41-45-77-57-83(91(13,14)15)63-84(58-77)92(16,17)18)52-74(50-70)42-46-78-59-85(93(19,20)21)64-86(60-78)94(22,23)24/h25-34,47-64H,1-24H3/b26-25+. The molecule has 476 valence electrons. The molecule has 0 N–H and O–H groups in total. The van der Waals surface area contributed by atoms with E-state index in [0.29, 0.717) is 0 Å². The smallest absolute Gasteiger partial charge is 0.0273 e. The molecular formula is C94H100. The van der Waals surface area contributed by atoms with Gasteiger partial charge in [-0.2, -0.15) is 0 Å². The molecule has 8 aromatic rings. The lowest BCUT2D eigenvalue weighted by molar-refractivity contribution is 0.567. The Labute approximate surface area is 569 Å². The second-order valence-corrected chi connectivity index (χ2v) is 33.9. The average Bonchev–Trinajstić information content (AvgIpc) is 0.853. The minimum Gasteiger partial charge on any atom is -0.0617 e. The van der Waals surface area contributed by atoms with E-state index in [4.69, 9.17) is 0 Å². The van der Waals surface area contributed by atoms with Crippen LogP contribution in [0.2, 0.25) is 0 Å². The van der Waals surface area contributed by atoms with Crippen molar-refractivity contribution in [3.8, 4) is 71.0 Å². The number of hydrogen-bond acceptors (Lipinski definition) is 0. The van der Waals surface area contributed by atoms with Crippen molar-refractivity contribution in [1.29, 1.82) is 0 Å². The second-order valence-electron chi connectivity index (χ2n) is 33.9. The molecule has 0 heterocycles. The molecular weight excluding hydrogens is 1130 g/mol. The molecule has 8 aromatic carbocycles. The molecule has 0 aromatic heterocycles. The van der Waals surface area contributed by atoms with Crippen LogP contribution in [0, 0.1) is 71.0 Å². The molecule has 0 saturated heterocycles. The van der Waals surface area contributed by atoms with E-state index in [1.165, 1.54) is 44.5 Å². The summed E-state index contributed by atoms with van der Waals surface area (Å²) in [5.74, 6) is 42.2. The number of rotatable bonds is 2. The molecule has 0 bridgehead atoms. The molecule has 0 atom stereocenters. The van der Waals surface area contributed by atoms with Crippen LogP contribution in [0.15, 0.2) is 158 Å². The molecule has 94 heavy (non-hydrogen) atoms. The maximum absolute atomic E-state index is 3.55. The fourth-order valence-electron chi connectivity index (χ4n) is 10.4. The highest BCUT2D eigenvalue weighted by atomic mass is 14.3. The van der Waals surface area contributed by atoms with Crippen molar-refractivity contribution < 1.29 is 0 Å². The zero-order valence-corrected chi connectivity index (χ0v) is 61.2. The summed E-state index contributed by atoms with van der Waals surface area (Å²) in [6.45, 7) is 54.3. The van der Waals surface area contributed by atoms with E-state index in [-0.39, 0.29) is 43.3 Å². The van der Waals surface area contributed by atoms with Gasteiger partial charge in [0.2, 0.25) is 0 Å². The van der Waals surface area contributed by atoms with Gasteiger partial charge in [0.15, 0.2) is 0 Å². The quantitative estimate of drug-likeness (QED) is 0.120. The van der Waals surface area contributed by atoms with Gasteiger partial charge in [-0.1, -0.05) is 298 Å². The Morgan fingerprint density at radius 1 is 0.160 bits per heavy atom. The van der Waals surface area contributed by atoms with Crippen molar-refractivity contribution in [2.45, 2.75) is 209 Å². The van der Waals surface area contributed by atoms with Crippen molar-refractivity contribution in [3.63, 3.8) is 0 Å². The Morgan fingerprint density at radius 2 is 0.287 bits per heavy atom. The Hall–Kier alpha value is -9.14. The van der Waals surface area contributed by atoms with Crippen LogP contribution in [0.25, 0.3) is 12.2 Å². The van der Waals surface area contributed by atoms with Crippen LogP contribution < -0.4 is 0 Å². The summed E-state index contributed by atoms with van der Waals surface area (Å²) in [5.41, 5.74) is 23.3. The fraction of sp³-hybridized carbons (Fsp3) is 0.340. The topological polar surface area (TPSA) is 0 Å². The van der Waals surface area contributed by atoms with Gasteiger partial charge in [-0.15, -0.1) is 0 Å². The third kappa shape index (κ3) is 20.2. The third-order valence-corrected chi connectivity index (χ3v) is 16.9. The zero-order chi connectivity index (χ0) is 69.0. The predicted molar refractivity (Wildman–Crippen MR) is 406 cm³/mol. The fourth-order valence-corrected chi connectivity index (χ4v) is 10.4. The normalized spacial score (nSPS) is 12.1.